The smallest absolute Gasteiger partial charge is 0.225 e. The van der Waals surface area contributed by atoms with E-state index < -0.39 is 0 Å². The molecule has 138 valence electrons. The van der Waals surface area contributed by atoms with E-state index in [1.165, 1.54) is 19.3 Å². The number of aliphatic hydroxyl groups excluding tert-OH is 1. The summed E-state index contributed by atoms with van der Waals surface area (Å²) in [7, 11) is 0. The molecule has 2 aliphatic rings. The molecule has 0 spiro atoms. The fraction of sp³-hybridized carbons (Fsp3) is 0.684. The summed E-state index contributed by atoms with van der Waals surface area (Å²) in [5, 5.41) is 12.5. The third-order valence-electron chi connectivity index (χ3n) is 5.50. The van der Waals surface area contributed by atoms with Crippen molar-refractivity contribution < 1.29 is 19.1 Å². The molecule has 2 fully saturated rings. The summed E-state index contributed by atoms with van der Waals surface area (Å²) in [6, 6.07) is 3.65. The zero-order valence-electron chi connectivity index (χ0n) is 14.7. The van der Waals surface area contributed by atoms with Crippen LogP contribution in [0.2, 0.25) is 0 Å². The molecule has 2 atom stereocenters. The van der Waals surface area contributed by atoms with E-state index in [4.69, 9.17) is 4.42 Å². The molecule has 1 saturated carbocycles. The van der Waals surface area contributed by atoms with E-state index >= 15 is 0 Å². The average Bonchev–Trinajstić information content (AvgIpc) is 3.26. The van der Waals surface area contributed by atoms with Crippen LogP contribution < -0.4 is 5.32 Å². The summed E-state index contributed by atoms with van der Waals surface area (Å²) in [6.07, 6.45) is 8.30. The van der Waals surface area contributed by atoms with Crippen molar-refractivity contribution in [2.24, 2.45) is 11.8 Å². The Morgan fingerprint density at radius 1 is 1.36 bits per heavy atom. The summed E-state index contributed by atoms with van der Waals surface area (Å²) in [4.78, 5) is 26.5. The van der Waals surface area contributed by atoms with Crippen molar-refractivity contribution in [1.29, 1.82) is 0 Å². The summed E-state index contributed by atoms with van der Waals surface area (Å²) in [5.41, 5.74) is 0. The summed E-state index contributed by atoms with van der Waals surface area (Å²) in [6.45, 7) is 0.926. The molecule has 25 heavy (non-hydrogen) atoms. The van der Waals surface area contributed by atoms with Crippen LogP contribution in [-0.4, -0.2) is 41.0 Å². The predicted molar refractivity (Wildman–Crippen MR) is 92.4 cm³/mol. The monoisotopic (exact) mass is 348 g/mol. The fourth-order valence-electron chi connectivity index (χ4n) is 4.09. The number of hydrogen-bond acceptors (Lipinski definition) is 4. The zero-order valence-corrected chi connectivity index (χ0v) is 14.7. The summed E-state index contributed by atoms with van der Waals surface area (Å²) in [5.74, 6) is 0.801. The molecule has 0 unspecified atom stereocenters. The van der Waals surface area contributed by atoms with Crippen molar-refractivity contribution in [3.63, 3.8) is 0 Å². The lowest BCUT2D eigenvalue weighted by Crippen LogP contribution is -2.44. The predicted octanol–water partition coefficient (Wildman–Crippen LogP) is 2.08. The normalized spacial score (nSPS) is 23.0. The van der Waals surface area contributed by atoms with Crippen molar-refractivity contribution in [3.05, 3.63) is 24.2 Å². The van der Waals surface area contributed by atoms with Gasteiger partial charge in [-0.2, -0.15) is 0 Å². The first kappa shape index (κ1) is 18.0. The van der Waals surface area contributed by atoms with Gasteiger partial charge in [0.2, 0.25) is 11.8 Å². The Morgan fingerprint density at radius 2 is 2.16 bits per heavy atom. The van der Waals surface area contributed by atoms with Crippen LogP contribution in [0.15, 0.2) is 22.8 Å². The molecule has 1 aliphatic carbocycles. The molecule has 1 saturated heterocycles. The first-order chi connectivity index (χ1) is 12.2. The molecular weight excluding hydrogens is 320 g/mol. The molecule has 1 aromatic heterocycles. The van der Waals surface area contributed by atoms with E-state index in [0.717, 1.165) is 18.6 Å². The molecule has 0 bridgehead atoms. The number of amides is 2. The Balaban J connectivity index is 1.55. The van der Waals surface area contributed by atoms with Gasteiger partial charge in [-0.15, -0.1) is 0 Å². The van der Waals surface area contributed by atoms with E-state index in [1.807, 2.05) is 6.07 Å². The zero-order chi connectivity index (χ0) is 17.6. The minimum absolute atomic E-state index is 0.00655. The maximum absolute atomic E-state index is 12.7. The Hall–Kier alpha value is -1.82. The minimum Gasteiger partial charge on any atom is -0.467 e. The van der Waals surface area contributed by atoms with Gasteiger partial charge in [0, 0.05) is 25.6 Å². The number of furan rings is 1. The maximum atomic E-state index is 12.7. The number of rotatable bonds is 7. The Labute approximate surface area is 148 Å². The van der Waals surface area contributed by atoms with E-state index in [-0.39, 0.29) is 36.8 Å². The van der Waals surface area contributed by atoms with Gasteiger partial charge in [-0.3, -0.25) is 9.59 Å². The van der Waals surface area contributed by atoms with Crippen LogP contribution in [0.3, 0.4) is 0 Å². The third-order valence-corrected chi connectivity index (χ3v) is 5.50. The number of hydrogen-bond donors (Lipinski definition) is 2. The van der Waals surface area contributed by atoms with E-state index in [1.54, 1.807) is 17.2 Å². The molecule has 6 nitrogen and oxygen atoms in total. The molecular formula is C19H28N2O4. The van der Waals surface area contributed by atoms with Crippen LogP contribution in [0.5, 0.6) is 0 Å². The lowest BCUT2D eigenvalue weighted by molar-refractivity contribution is -0.129. The summed E-state index contributed by atoms with van der Waals surface area (Å²) < 4.78 is 5.29. The standard InChI is InChI=1S/C19H28N2O4/c22-9-8-17(14-5-2-1-3-6-14)20-19(24)15-11-18(23)21(12-15)13-16-7-4-10-25-16/h4,7,10,14-15,17,22H,1-3,5-6,8-9,11-13H2,(H,20,24)/t15-,17+/m0/s1. The molecule has 1 aliphatic heterocycles. The van der Waals surface area contributed by atoms with Crippen LogP contribution >= 0.6 is 0 Å². The summed E-state index contributed by atoms with van der Waals surface area (Å²) >= 11 is 0. The third kappa shape index (κ3) is 4.63. The molecule has 0 aromatic carbocycles. The second-order valence-corrected chi connectivity index (χ2v) is 7.28. The van der Waals surface area contributed by atoms with E-state index in [9.17, 15) is 14.7 Å². The van der Waals surface area contributed by atoms with Crippen LogP contribution in [0, 0.1) is 11.8 Å². The SMILES string of the molecule is O=C(N[C@H](CCO)C1CCCCC1)[C@H]1CC(=O)N(Cc2ccco2)C1. The highest BCUT2D eigenvalue weighted by Gasteiger charge is 2.36. The number of nitrogens with zero attached hydrogens (tertiary/aromatic N) is 1. The van der Waals surface area contributed by atoms with Gasteiger partial charge in [0.1, 0.15) is 5.76 Å². The largest absolute Gasteiger partial charge is 0.467 e. The van der Waals surface area contributed by atoms with Gasteiger partial charge in [-0.05, 0) is 37.3 Å². The molecule has 0 radical (unpaired) electrons. The van der Waals surface area contributed by atoms with Crippen molar-refractivity contribution in [2.45, 2.75) is 57.5 Å². The van der Waals surface area contributed by atoms with Crippen molar-refractivity contribution in [2.75, 3.05) is 13.2 Å². The number of likely N-dealkylation sites (tertiary alicyclic amines) is 1. The van der Waals surface area contributed by atoms with Crippen molar-refractivity contribution in [3.8, 4) is 0 Å². The molecule has 2 heterocycles. The van der Waals surface area contributed by atoms with Gasteiger partial charge in [-0.1, -0.05) is 19.3 Å². The second-order valence-electron chi connectivity index (χ2n) is 7.28. The molecule has 2 amide bonds. The highest BCUT2D eigenvalue weighted by atomic mass is 16.3. The number of nitrogens with one attached hydrogen (secondary N) is 1. The quantitative estimate of drug-likeness (QED) is 0.790. The number of carbonyl (C=O) groups is 2. The van der Waals surface area contributed by atoms with Gasteiger partial charge >= 0.3 is 0 Å². The average molecular weight is 348 g/mol. The Bertz CT molecular complexity index is 566. The Morgan fingerprint density at radius 3 is 2.84 bits per heavy atom. The second kappa shape index (κ2) is 8.52. The molecule has 2 N–H and O–H groups in total. The lowest BCUT2D eigenvalue weighted by Gasteiger charge is -2.31. The van der Waals surface area contributed by atoms with Crippen LogP contribution in [-0.2, 0) is 16.1 Å². The highest BCUT2D eigenvalue weighted by molar-refractivity contribution is 5.89. The maximum Gasteiger partial charge on any atom is 0.225 e. The number of aliphatic hydroxyl groups is 1. The Kier molecular flexibility index (Phi) is 6.13. The van der Waals surface area contributed by atoms with Crippen LogP contribution in [0.1, 0.15) is 50.7 Å². The molecule has 3 rings (SSSR count). The first-order valence-electron chi connectivity index (χ1n) is 9.38. The van der Waals surface area contributed by atoms with Gasteiger partial charge in [-0.25, -0.2) is 0 Å². The first-order valence-corrected chi connectivity index (χ1v) is 9.38. The van der Waals surface area contributed by atoms with Crippen LogP contribution in [0.25, 0.3) is 0 Å². The topological polar surface area (TPSA) is 82.8 Å². The van der Waals surface area contributed by atoms with Crippen molar-refractivity contribution >= 4 is 11.8 Å². The molecule has 6 heteroatoms. The fourth-order valence-corrected chi connectivity index (χ4v) is 4.09. The van der Waals surface area contributed by atoms with Crippen LogP contribution in [0.4, 0.5) is 0 Å². The van der Waals surface area contributed by atoms with Gasteiger partial charge in [0.15, 0.2) is 0 Å². The minimum atomic E-state index is -0.313. The van der Waals surface area contributed by atoms with Gasteiger partial charge in [0.25, 0.3) is 0 Å². The highest BCUT2D eigenvalue weighted by Crippen LogP contribution is 2.28. The number of carbonyl (C=O) groups excluding carboxylic acids is 2. The van der Waals surface area contributed by atoms with E-state index in [2.05, 4.69) is 5.32 Å². The molecule has 1 aromatic rings. The lowest BCUT2D eigenvalue weighted by atomic mass is 9.82. The van der Waals surface area contributed by atoms with Gasteiger partial charge in [0.05, 0.1) is 18.7 Å². The van der Waals surface area contributed by atoms with Gasteiger partial charge < -0.3 is 19.7 Å². The van der Waals surface area contributed by atoms with E-state index in [0.29, 0.717) is 25.4 Å². The van der Waals surface area contributed by atoms with Crippen molar-refractivity contribution in [1.82, 2.24) is 10.2 Å².